The van der Waals surface area contributed by atoms with Crippen LogP contribution in [0.15, 0.2) is 18.2 Å². The van der Waals surface area contributed by atoms with Crippen molar-refractivity contribution in [2.24, 2.45) is 0 Å². The van der Waals surface area contributed by atoms with Crippen LogP contribution >= 0.6 is 0 Å². The summed E-state index contributed by atoms with van der Waals surface area (Å²) in [6, 6.07) is 5.41. The van der Waals surface area contributed by atoms with Gasteiger partial charge in [0.25, 0.3) is 5.91 Å². The predicted octanol–water partition coefficient (Wildman–Crippen LogP) is 2.16. The van der Waals surface area contributed by atoms with Crippen molar-refractivity contribution in [2.45, 2.75) is 20.3 Å². The molecule has 0 saturated carbocycles. The number of carbonyl (C=O) groups is 2. The van der Waals surface area contributed by atoms with E-state index in [1.807, 2.05) is 19.9 Å². The van der Waals surface area contributed by atoms with Gasteiger partial charge in [0, 0.05) is 31.7 Å². The number of ether oxygens (including phenoxy) is 1. The Morgan fingerprint density at radius 3 is 2.32 bits per heavy atom. The Bertz CT molecular complexity index is 821. The molecule has 2 heterocycles. The van der Waals surface area contributed by atoms with Gasteiger partial charge in [-0.15, -0.1) is 0 Å². The normalized spacial score (nSPS) is 15.2. The molecule has 3 rings (SSSR count). The van der Waals surface area contributed by atoms with Gasteiger partial charge in [0.15, 0.2) is 0 Å². The molecule has 0 bridgehead atoms. The van der Waals surface area contributed by atoms with E-state index in [1.165, 1.54) is 7.11 Å². The third kappa shape index (κ3) is 3.55. The van der Waals surface area contributed by atoms with E-state index in [0.29, 0.717) is 31.7 Å². The largest absolute Gasteiger partial charge is 0.453 e. The van der Waals surface area contributed by atoms with Crippen molar-refractivity contribution in [3.63, 3.8) is 0 Å². The zero-order chi connectivity index (χ0) is 18.0. The summed E-state index contributed by atoms with van der Waals surface area (Å²) in [6.45, 7) is 6.01. The van der Waals surface area contributed by atoms with Crippen LogP contribution in [0.2, 0.25) is 0 Å². The average Bonchev–Trinajstić information content (AvgIpc) is 2.87. The average molecular weight is 342 g/mol. The third-order valence-electron chi connectivity index (χ3n) is 4.54. The lowest BCUT2D eigenvalue weighted by atomic mass is 10.1. The first kappa shape index (κ1) is 17.1. The summed E-state index contributed by atoms with van der Waals surface area (Å²) in [5.41, 5.74) is 3.85. The van der Waals surface area contributed by atoms with Crippen LogP contribution in [-0.2, 0) is 4.74 Å². The van der Waals surface area contributed by atoms with E-state index >= 15 is 0 Å². The van der Waals surface area contributed by atoms with E-state index in [2.05, 4.69) is 9.97 Å². The topological polar surface area (TPSA) is 75.6 Å². The number of rotatable bonds is 1. The molecule has 7 heteroatoms. The first-order chi connectivity index (χ1) is 12.0. The van der Waals surface area contributed by atoms with E-state index < -0.39 is 0 Å². The monoisotopic (exact) mass is 342 g/mol. The molecule has 2 amide bonds. The highest BCUT2D eigenvalue weighted by molar-refractivity contribution is 5.97. The highest BCUT2D eigenvalue weighted by atomic mass is 16.5. The van der Waals surface area contributed by atoms with Gasteiger partial charge in [-0.2, -0.15) is 0 Å². The fraction of sp³-hybridized carbons (Fsp3) is 0.444. The molecule has 7 nitrogen and oxygen atoms in total. The maximum atomic E-state index is 12.8. The molecule has 0 aliphatic carbocycles. The van der Waals surface area contributed by atoms with Crippen LogP contribution in [0.25, 0.3) is 11.0 Å². The van der Waals surface area contributed by atoms with Gasteiger partial charge >= 0.3 is 6.09 Å². The smallest absolute Gasteiger partial charge is 0.409 e. The summed E-state index contributed by atoms with van der Waals surface area (Å²) >= 11 is 0. The van der Waals surface area contributed by atoms with Gasteiger partial charge < -0.3 is 14.5 Å². The van der Waals surface area contributed by atoms with Gasteiger partial charge in [0.1, 0.15) is 0 Å². The number of fused-ring (bicyclic) bond motifs is 1. The molecule has 1 aliphatic heterocycles. The molecule has 25 heavy (non-hydrogen) atoms. The Kier molecular flexibility index (Phi) is 4.83. The van der Waals surface area contributed by atoms with E-state index in [1.54, 1.807) is 21.9 Å². The van der Waals surface area contributed by atoms with Crippen LogP contribution in [0.4, 0.5) is 4.79 Å². The second-order valence-electron chi connectivity index (χ2n) is 6.20. The minimum Gasteiger partial charge on any atom is -0.453 e. The molecule has 0 spiro atoms. The Hall–Kier alpha value is -2.70. The zero-order valence-electron chi connectivity index (χ0n) is 14.8. The van der Waals surface area contributed by atoms with Crippen LogP contribution in [0.1, 0.15) is 28.2 Å². The van der Waals surface area contributed by atoms with Crippen molar-refractivity contribution in [2.75, 3.05) is 33.3 Å². The van der Waals surface area contributed by atoms with Crippen molar-refractivity contribution in [3.8, 4) is 0 Å². The van der Waals surface area contributed by atoms with Crippen molar-refractivity contribution >= 4 is 23.0 Å². The molecule has 1 aliphatic rings. The lowest BCUT2D eigenvalue weighted by molar-refractivity contribution is 0.0757. The SMILES string of the molecule is COC(=O)N1CCCN(C(=O)c2ccc3nc(C)c(C)nc3c2)CC1. The number of aryl methyl sites for hydroxylation is 2. The number of hydrogen-bond acceptors (Lipinski definition) is 5. The van der Waals surface area contributed by atoms with Crippen LogP contribution in [0, 0.1) is 13.8 Å². The number of aromatic nitrogens is 2. The summed E-state index contributed by atoms with van der Waals surface area (Å²) in [4.78, 5) is 36.9. The minimum absolute atomic E-state index is 0.0476. The Morgan fingerprint density at radius 1 is 0.960 bits per heavy atom. The standard InChI is InChI=1S/C18H22N4O3/c1-12-13(2)20-16-11-14(5-6-15(16)19-12)17(23)21-7-4-8-22(10-9-21)18(24)25-3/h5-6,11H,4,7-10H2,1-3H3. The summed E-state index contributed by atoms with van der Waals surface area (Å²) < 4.78 is 4.76. The van der Waals surface area contributed by atoms with Crippen molar-refractivity contribution < 1.29 is 14.3 Å². The number of methoxy groups -OCH3 is 1. The molecule has 0 atom stereocenters. The van der Waals surface area contributed by atoms with Gasteiger partial charge in [0.2, 0.25) is 0 Å². The van der Waals surface area contributed by atoms with Crippen molar-refractivity contribution in [3.05, 3.63) is 35.2 Å². The lowest BCUT2D eigenvalue weighted by Crippen LogP contribution is -2.37. The van der Waals surface area contributed by atoms with E-state index in [0.717, 1.165) is 28.8 Å². The minimum atomic E-state index is -0.346. The quantitative estimate of drug-likeness (QED) is 0.794. The molecule has 1 saturated heterocycles. The number of carbonyl (C=O) groups excluding carboxylic acids is 2. The van der Waals surface area contributed by atoms with Crippen LogP contribution < -0.4 is 0 Å². The van der Waals surface area contributed by atoms with Crippen molar-refractivity contribution in [1.29, 1.82) is 0 Å². The number of amides is 2. The molecular formula is C18H22N4O3. The molecular weight excluding hydrogens is 320 g/mol. The Morgan fingerprint density at radius 2 is 1.60 bits per heavy atom. The molecule has 132 valence electrons. The predicted molar refractivity (Wildman–Crippen MR) is 93.5 cm³/mol. The second-order valence-corrected chi connectivity index (χ2v) is 6.20. The van der Waals surface area contributed by atoms with Crippen LogP contribution in [0.3, 0.4) is 0 Å². The highest BCUT2D eigenvalue weighted by Crippen LogP contribution is 2.17. The molecule has 0 radical (unpaired) electrons. The first-order valence-electron chi connectivity index (χ1n) is 8.37. The Balaban J connectivity index is 1.79. The zero-order valence-corrected chi connectivity index (χ0v) is 14.8. The first-order valence-corrected chi connectivity index (χ1v) is 8.37. The molecule has 2 aromatic rings. The fourth-order valence-corrected chi connectivity index (χ4v) is 2.98. The van der Waals surface area contributed by atoms with Gasteiger partial charge in [-0.05, 0) is 38.5 Å². The molecule has 1 aromatic carbocycles. The maximum Gasteiger partial charge on any atom is 0.409 e. The summed E-state index contributed by atoms with van der Waals surface area (Å²) in [5.74, 6) is -0.0476. The molecule has 1 fully saturated rings. The molecule has 0 unspecified atom stereocenters. The highest BCUT2D eigenvalue weighted by Gasteiger charge is 2.23. The van der Waals surface area contributed by atoms with Gasteiger partial charge in [0.05, 0.1) is 29.5 Å². The second kappa shape index (κ2) is 7.04. The maximum absolute atomic E-state index is 12.8. The van der Waals surface area contributed by atoms with E-state index in [-0.39, 0.29) is 12.0 Å². The van der Waals surface area contributed by atoms with Crippen LogP contribution in [-0.4, -0.2) is 65.1 Å². The van der Waals surface area contributed by atoms with Crippen molar-refractivity contribution in [1.82, 2.24) is 19.8 Å². The third-order valence-corrected chi connectivity index (χ3v) is 4.54. The van der Waals surface area contributed by atoms with Gasteiger partial charge in [-0.1, -0.05) is 0 Å². The van der Waals surface area contributed by atoms with Crippen LogP contribution in [0.5, 0.6) is 0 Å². The number of nitrogens with zero attached hydrogens (tertiary/aromatic N) is 4. The number of hydrogen-bond donors (Lipinski definition) is 0. The van der Waals surface area contributed by atoms with E-state index in [4.69, 9.17) is 4.74 Å². The Labute approximate surface area is 146 Å². The molecule has 1 aromatic heterocycles. The van der Waals surface area contributed by atoms with Gasteiger partial charge in [-0.25, -0.2) is 14.8 Å². The van der Waals surface area contributed by atoms with E-state index in [9.17, 15) is 9.59 Å². The summed E-state index contributed by atoms with van der Waals surface area (Å²) in [6.07, 6.45) is 0.383. The lowest BCUT2D eigenvalue weighted by Gasteiger charge is -2.21. The summed E-state index contributed by atoms with van der Waals surface area (Å²) in [5, 5.41) is 0. The molecule has 0 N–H and O–H groups in total. The van der Waals surface area contributed by atoms with Gasteiger partial charge in [-0.3, -0.25) is 4.79 Å². The summed E-state index contributed by atoms with van der Waals surface area (Å²) in [7, 11) is 1.37. The fourth-order valence-electron chi connectivity index (χ4n) is 2.98. The number of benzene rings is 1.